The molecule has 0 spiro atoms. The molecule has 0 aromatic heterocycles. The second-order valence-electron chi connectivity index (χ2n) is 11.3. The lowest BCUT2D eigenvalue weighted by Gasteiger charge is -2.26. The van der Waals surface area contributed by atoms with Gasteiger partial charge in [0.15, 0.2) is 0 Å². The van der Waals surface area contributed by atoms with Crippen LogP contribution < -0.4 is 38.1 Å². The Kier molecular flexibility index (Phi) is 11.0. The summed E-state index contributed by atoms with van der Waals surface area (Å²) < 4.78 is 20.6. The largest absolute Gasteiger partial charge is 0.458 e. The molecule has 0 radical (unpaired) electrons. The van der Waals surface area contributed by atoms with E-state index in [4.69, 9.17) is 25.5 Å². The van der Waals surface area contributed by atoms with Crippen LogP contribution in [-0.2, 0) is 9.31 Å². The second-order valence-corrected chi connectivity index (χ2v) is 11.3. The first-order valence-corrected chi connectivity index (χ1v) is 16.0. The van der Waals surface area contributed by atoms with Gasteiger partial charge in [-0.05, 0) is 45.1 Å². The number of hydrogen-bond donors (Lipinski definition) is 2. The number of ether oxygens (including phenoxy) is 1. The number of para-hydroxylation sites is 2. The van der Waals surface area contributed by atoms with Gasteiger partial charge in [-0.3, -0.25) is 0 Å². The molecule has 47 heavy (non-hydrogen) atoms. The molecule has 7 heteroatoms. The molecule has 4 N–H and O–H groups in total. The van der Waals surface area contributed by atoms with Crippen molar-refractivity contribution in [2.45, 2.75) is 12.2 Å². The van der Waals surface area contributed by atoms with Crippen LogP contribution in [0.4, 0.5) is 0 Å². The highest BCUT2D eigenvalue weighted by molar-refractivity contribution is 6.81. The van der Waals surface area contributed by atoms with Gasteiger partial charge >= 0.3 is 13.8 Å². The third-order valence-electron chi connectivity index (χ3n) is 8.20. The quantitative estimate of drug-likeness (QED) is 0.166. The summed E-state index contributed by atoms with van der Waals surface area (Å²) in [6, 6.07) is 56.6. The normalized spacial score (nSPS) is 12.2. The van der Waals surface area contributed by atoms with E-state index in [2.05, 4.69) is 36.4 Å². The fourth-order valence-corrected chi connectivity index (χ4v) is 5.82. The Balaban J connectivity index is 1.39. The lowest BCUT2D eigenvalue weighted by Crippen LogP contribution is -2.48. The number of benzene rings is 6. The van der Waals surface area contributed by atoms with E-state index >= 15 is 0 Å². The lowest BCUT2D eigenvalue weighted by molar-refractivity contribution is 0.223. The van der Waals surface area contributed by atoms with Gasteiger partial charge in [0, 0.05) is 13.1 Å². The number of rotatable bonds is 14. The maximum atomic E-state index is 6.86. The second kappa shape index (κ2) is 16.1. The summed E-state index contributed by atoms with van der Waals surface area (Å²) in [4.78, 5) is 0. The van der Waals surface area contributed by atoms with E-state index in [9.17, 15) is 0 Å². The van der Waals surface area contributed by atoms with E-state index in [0.717, 1.165) is 33.0 Å². The Labute approximate surface area is 278 Å². The van der Waals surface area contributed by atoms with Crippen molar-refractivity contribution in [3.8, 4) is 11.5 Å². The van der Waals surface area contributed by atoms with Gasteiger partial charge in [-0.25, -0.2) is 0 Å². The number of hydrogen-bond acceptors (Lipinski definition) is 5. The zero-order valence-corrected chi connectivity index (χ0v) is 26.3. The van der Waals surface area contributed by atoms with E-state index in [1.807, 2.05) is 133 Å². The monoisotopic (exact) mass is 616 g/mol. The molecule has 0 aliphatic heterocycles. The summed E-state index contributed by atoms with van der Waals surface area (Å²) in [6.45, 7) is -0.207. The Morgan fingerprint density at radius 3 is 1.09 bits per heavy atom. The van der Waals surface area contributed by atoms with Gasteiger partial charge in [0.05, 0.1) is 12.2 Å². The predicted octanol–water partition coefficient (Wildman–Crippen LogP) is 5.12. The zero-order valence-electron chi connectivity index (χ0n) is 26.3. The molecular formula is C40H38B2N2O3. The SMILES string of the molecule is NCC(OB(c1ccccc1)c1ccccc1Oc1ccccc1B(OC(CN)c1ccccc1)c1ccccc1)c1ccccc1. The highest BCUT2D eigenvalue weighted by Crippen LogP contribution is 2.24. The minimum atomic E-state index is -0.436. The molecule has 2 atom stereocenters. The van der Waals surface area contributed by atoms with Gasteiger partial charge in [0.1, 0.15) is 11.5 Å². The van der Waals surface area contributed by atoms with Crippen molar-refractivity contribution in [3.63, 3.8) is 0 Å². The molecule has 6 aromatic rings. The first-order chi connectivity index (χ1) is 23.2. The highest BCUT2D eigenvalue weighted by Gasteiger charge is 2.31. The molecule has 0 saturated carbocycles. The van der Waals surface area contributed by atoms with Crippen LogP contribution in [0, 0.1) is 0 Å². The van der Waals surface area contributed by atoms with Crippen molar-refractivity contribution < 1.29 is 14.0 Å². The zero-order chi connectivity index (χ0) is 32.3. The van der Waals surface area contributed by atoms with Gasteiger partial charge in [-0.15, -0.1) is 0 Å². The Morgan fingerprint density at radius 1 is 0.404 bits per heavy atom. The number of nitrogens with two attached hydrogens (primary N) is 2. The molecule has 232 valence electrons. The molecule has 0 aliphatic carbocycles. The third-order valence-corrected chi connectivity index (χ3v) is 8.20. The van der Waals surface area contributed by atoms with Crippen LogP contribution in [0.5, 0.6) is 11.5 Å². The van der Waals surface area contributed by atoms with E-state index < -0.39 is 13.8 Å². The van der Waals surface area contributed by atoms with Crippen LogP contribution in [-0.4, -0.2) is 26.9 Å². The molecule has 0 heterocycles. The van der Waals surface area contributed by atoms with Crippen LogP contribution in [0.2, 0.25) is 0 Å². The smallest absolute Gasteiger partial charge is 0.365 e. The molecule has 0 aliphatic rings. The van der Waals surface area contributed by atoms with Crippen LogP contribution >= 0.6 is 0 Å². The maximum Gasteiger partial charge on any atom is 0.365 e. The van der Waals surface area contributed by atoms with Crippen LogP contribution in [0.3, 0.4) is 0 Å². The Morgan fingerprint density at radius 2 is 0.723 bits per heavy atom. The molecule has 2 unspecified atom stereocenters. The van der Waals surface area contributed by atoms with Crippen molar-refractivity contribution >= 4 is 35.7 Å². The fourth-order valence-electron chi connectivity index (χ4n) is 5.82. The highest BCUT2D eigenvalue weighted by atomic mass is 16.5. The fraction of sp³-hybridized carbons (Fsp3) is 0.100. The first-order valence-electron chi connectivity index (χ1n) is 16.0. The van der Waals surface area contributed by atoms with E-state index in [-0.39, 0.29) is 12.2 Å². The summed E-state index contributed by atoms with van der Waals surface area (Å²) in [6.07, 6.45) is -0.632. The minimum Gasteiger partial charge on any atom is -0.458 e. The molecule has 0 fully saturated rings. The third kappa shape index (κ3) is 7.91. The average molecular weight is 616 g/mol. The molecule has 6 rings (SSSR count). The van der Waals surface area contributed by atoms with Gasteiger partial charge in [-0.2, -0.15) is 0 Å². The summed E-state index contributed by atoms with van der Waals surface area (Å²) in [5.41, 5.74) is 18.4. The molecule has 6 aromatic carbocycles. The van der Waals surface area contributed by atoms with E-state index in [1.54, 1.807) is 0 Å². The predicted molar refractivity (Wildman–Crippen MR) is 195 cm³/mol. The van der Waals surface area contributed by atoms with E-state index in [0.29, 0.717) is 24.6 Å². The minimum absolute atomic E-state index is 0.316. The van der Waals surface area contributed by atoms with Crippen molar-refractivity contribution in [2.24, 2.45) is 11.5 Å². The maximum absolute atomic E-state index is 6.86. The van der Waals surface area contributed by atoms with Crippen LogP contribution in [0.15, 0.2) is 170 Å². The Hall–Kier alpha value is -4.91. The summed E-state index contributed by atoms with van der Waals surface area (Å²) in [7, 11) is 0. The topological polar surface area (TPSA) is 79.7 Å². The van der Waals surface area contributed by atoms with Gasteiger partial charge in [0.2, 0.25) is 0 Å². The lowest BCUT2D eigenvalue weighted by atomic mass is 9.54. The molecule has 0 amide bonds. The Bertz CT molecular complexity index is 1680. The first kappa shape index (κ1) is 32.0. The van der Waals surface area contributed by atoms with Crippen LogP contribution in [0.1, 0.15) is 23.3 Å². The molecular weight excluding hydrogens is 578 g/mol. The van der Waals surface area contributed by atoms with E-state index in [1.165, 1.54) is 0 Å². The summed E-state index contributed by atoms with van der Waals surface area (Å²) in [5, 5.41) is 0. The summed E-state index contributed by atoms with van der Waals surface area (Å²) in [5.74, 6) is 1.37. The van der Waals surface area contributed by atoms with Crippen molar-refractivity contribution in [1.29, 1.82) is 0 Å². The van der Waals surface area contributed by atoms with Gasteiger partial charge in [-0.1, -0.05) is 158 Å². The molecule has 0 saturated heterocycles. The van der Waals surface area contributed by atoms with Crippen molar-refractivity contribution in [1.82, 2.24) is 0 Å². The molecule has 0 bridgehead atoms. The van der Waals surface area contributed by atoms with Crippen molar-refractivity contribution in [2.75, 3.05) is 13.1 Å². The van der Waals surface area contributed by atoms with Crippen molar-refractivity contribution in [3.05, 3.63) is 181 Å². The van der Waals surface area contributed by atoms with Crippen LogP contribution in [0.25, 0.3) is 0 Å². The van der Waals surface area contributed by atoms with Gasteiger partial charge in [0.25, 0.3) is 0 Å². The molecule has 5 nitrogen and oxygen atoms in total. The standard InChI is InChI=1S/C40H38B2N2O3/c43-29-39(31-17-5-1-6-18-31)46-41(33-21-9-3-10-22-33)35-25-13-15-27-37(35)45-38-28-16-14-26-36(38)42(34-23-11-4-12-24-34)47-40(30-44)32-19-7-2-8-20-32/h1-28,39-40H,29-30,43-44H2. The average Bonchev–Trinajstić information content (AvgIpc) is 3.15. The van der Waals surface area contributed by atoms with Gasteiger partial charge < -0.3 is 25.5 Å². The summed E-state index contributed by atoms with van der Waals surface area (Å²) >= 11 is 0.